The van der Waals surface area contributed by atoms with Crippen LogP contribution in [0.5, 0.6) is 0 Å². The molecule has 2 saturated heterocycles. The molecule has 126 valence electrons. The van der Waals surface area contributed by atoms with Gasteiger partial charge in [0.05, 0.1) is 26.4 Å². The van der Waals surface area contributed by atoms with Crippen LogP contribution in [0.2, 0.25) is 0 Å². The maximum Gasteiger partial charge on any atom is 0.115 e. The van der Waals surface area contributed by atoms with E-state index in [9.17, 15) is 0 Å². The van der Waals surface area contributed by atoms with Crippen LogP contribution < -0.4 is 0 Å². The molecule has 24 heavy (non-hydrogen) atoms. The predicted molar refractivity (Wildman–Crippen MR) is 89.5 cm³/mol. The number of rotatable bonds is 6. The molecule has 0 amide bonds. The molecule has 0 aromatic heterocycles. The van der Waals surface area contributed by atoms with Crippen molar-refractivity contribution in [2.45, 2.75) is 37.6 Å². The van der Waals surface area contributed by atoms with Crippen molar-refractivity contribution in [2.24, 2.45) is 0 Å². The first-order valence-corrected chi connectivity index (χ1v) is 8.44. The minimum atomic E-state index is -0.0329. The highest BCUT2D eigenvalue weighted by atomic mass is 16.6. The standard InChI is InChI=1S/C20H22O4/c1-3-7-15(8-4-1)11-21-17-13-23-20-18(14-24-19(17)20)22-12-16-9-5-2-6-10-16/h1-10,17-20H,11-14H2/t17-,18-,19-,20+/m0/s1. The van der Waals surface area contributed by atoms with E-state index in [0.29, 0.717) is 26.4 Å². The van der Waals surface area contributed by atoms with E-state index in [0.717, 1.165) is 11.1 Å². The SMILES string of the molecule is c1ccc(CO[C@H]2CO[C@H]3[C@H]2OC[C@@H]3OCc2ccccc2)cc1. The van der Waals surface area contributed by atoms with Gasteiger partial charge in [0.25, 0.3) is 0 Å². The van der Waals surface area contributed by atoms with Crippen LogP contribution in [0.4, 0.5) is 0 Å². The molecule has 4 atom stereocenters. The van der Waals surface area contributed by atoms with E-state index in [1.54, 1.807) is 0 Å². The highest BCUT2D eigenvalue weighted by Gasteiger charge is 2.48. The van der Waals surface area contributed by atoms with Gasteiger partial charge in [-0.15, -0.1) is 0 Å². The van der Waals surface area contributed by atoms with Crippen molar-refractivity contribution in [3.8, 4) is 0 Å². The third-order valence-corrected chi connectivity index (χ3v) is 4.58. The predicted octanol–water partition coefficient (Wildman–Crippen LogP) is 2.95. The molecule has 4 rings (SSSR count). The van der Waals surface area contributed by atoms with Crippen molar-refractivity contribution < 1.29 is 18.9 Å². The van der Waals surface area contributed by atoms with Crippen molar-refractivity contribution in [1.82, 2.24) is 0 Å². The van der Waals surface area contributed by atoms with Gasteiger partial charge in [-0.3, -0.25) is 0 Å². The number of fused-ring (bicyclic) bond motifs is 1. The van der Waals surface area contributed by atoms with Crippen molar-refractivity contribution in [3.05, 3.63) is 71.8 Å². The van der Waals surface area contributed by atoms with Gasteiger partial charge in [-0.1, -0.05) is 60.7 Å². The molecular formula is C20H22O4. The normalized spacial score (nSPS) is 28.8. The molecule has 4 heteroatoms. The van der Waals surface area contributed by atoms with Gasteiger partial charge in [0.15, 0.2) is 0 Å². The second-order valence-electron chi connectivity index (χ2n) is 6.27. The van der Waals surface area contributed by atoms with Crippen LogP contribution in [0.15, 0.2) is 60.7 Å². The van der Waals surface area contributed by atoms with Crippen molar-refractivity contribution in [1.29, 1.82) is 0 Å². The lowest BCUT2D eigenvalue weighted by Gasteiger charge is -2.17. The lowest BCUT2D eigenvalue weighted by atomic mass is 10.1. The van der Waals surface area contributed by atoms with E-state index in [2.05, 4.69) is 24.3 Å². The van der Waals surface area contributed by atoms with E-state index >= 15 is 0 Å². The van der Waals surface area contributed by atoms with Crippen LogP contribution in [-0.4, -0.2) is 37.6 Å². The Labute approximate surface area is 142 Å². The van der Waals surface area contributed by atoms with Crippen LogP contribution in [0.1, 0.15) is 11.1 Å². The molecule has 2 aromatic carbocycles. The molecule has 4 nitrogen and oxygen atoms in total. The van der Waals surface area contributed by atoms with Gasteiger partial charge < -0.3 is 18.9 Å². The third-order valence-electron chi connectivity index (χ3n) is 4.58. The third kappa shape index (κ3) is 3.52. The zero-order valence-electron chi connectivity index (χ0n) is 13.5. The summed E-state index contributed by atoms with van der Waals surface area (Å²) >= 11 is 0. The van der Waals surface area contributed by atoms with E-state index in [4.69, 9.17) is 18.9 Å². The second kappa shape index (κ2) is 7.45. The Morgan fingerprint density at radius 1 is 0.667 bits per heavy atom. The van der Waals surface area contributed by atoms with E-state index in [-0.39, 0.29) is 24.4 Å². The highest BCUT2D eigenvalue weighted by Crippen LogP contribution is 2.31. The van der Waals surface area contributed by atoms with Crippen molar-refractivity contribution in [2.75, 3.05) is 13.2 Å². The van der Waals surface area contributed by atoms with Gasteiger partial charge in [0.2, 0.25) is 0 Å². The van der Waals surface area contributed by atoms with Crippen LogP contribution in [0.25, 0.3) is 0 Å². The smallest absolute Gasteiger partial charge is 0.115 e. The molecule has 0 radical (unpaired) electrons. The number of hydrogen-bond acceptors (Lipinski definition) is 4. The Kier molecular flexibility index (Phi) is 4.90. The summed E-state index contributed by atoms with van der Waals surface area (Å²) in [6, 6.07) is 20.4. The number of benzene rings is 2. The molecule has 0 spiro atoms. The molecule has 2 aliphatic heterocycles. The maximum absolute atomic E-state index is 6.01. The average molecular weight is 326 g/mol. The molecule has 2 fully saturated rings. The fourth-order valence-electron chi connectivity index (χ4n) is 3.27. The average Bonchev–Trinajstić information content (AvgIpc) is 3.22. The van der Waals surface area contributed by atoms with E-state index in [1.807, 2.05) is 36.4 Å². The lowest BCUT2D eigenvalue weighted by Crippen LogP contribution is -2.34. The quantitative estimate of drug-likeness (QED) is 0.818. The van der Waals surface area contributed by atoms with Gasteiger partial charge in [0, 0.05) is 0 Å². The Bertz CT molecular complexity index is 573. The fraction of sp³-hybridized carbons (Fsp3) is 0.400. The first-order chi connectivity index (χ1) is 11.9. The van der Waals surface area contributed by atoms with Gasteiger partial charge in [0.1, 0.15) is 24.4 Å². The topological polar surface area (TPSA) is 36.9 Å². The largest absolute Gasteiger partial charge is 0.370 e. The zero-order chi connectivity index (χ0) is 16.2. The minimum Gasteiger partial charge on any atom is -0.370 e. The molecule has 2 heterocycles. The summed E-state index contributed by atoms with van der Waals surface area (Å²) < 4.78 is 23.8. The lowest BCUT2D eigenvalue weighted by molar-refractivity contribution is -0.0580. The van der Waals surface area contributed by atoms with Gasteiger partial charge in [-0.05, 0) is 11.1 Å². The van der Waals surface area contributed by atoms with Gasteiger partial charge >= 0.3 is 0 Å². The first-order valence-electron chi connectivity index (χ1n) is 8.44. The Hall–Kier alpha value is -1.72. The summed E-state index contributed by atoms with van der Waals surface area (Å²) in [5.74, 6) is 0. The van der Waals surface area contributed by atoms with Gasteiger partial charge in [-0.2, -0.15) is 0 Å². The Morgan fingerprint density at radius 2 is 1.08 bits per heavy atom. The molecule has 2 aromatic rings. The summed E-state index contributed by atoms with van der Waals surface area (Å²) in [4.78, 5) is 0. The maximum atomic E-state index is 6.01. The van der Waals surface area contributed by atoms with Gasteiger partial charge in [-0.25, -0.2) is 0 Å². The number of ether oxygens (including phenoxy) is 4. The molecule has 0 aliphatic carbocycles. The van der Waals surface area contributed by atoms with Crippen molar-refractivity contribution >= 4 is 0 Å². The van der Waals surface area contributed by atoms with Crippen LogP contribution in [-0.2, 0) is 32.2 Å². The van der Waals surface area contributed by atoms with E-state index in [1.165, 1.54) is 0 Å². The molecule has 2 aliphatic rings. The molecule has 0 N–H and O–H groups in total. The number of hydrogen-bond donors (Lipinski definition) is 0. The van der Waals surface area contributed by atoms with Crippen LogP contribution >= 0.6 is 0 Å². The fourth-order valence-corrected chi connectivity index (χ4v) is 3.27. The molecule has 0 bridgehead atoms. The zero-order valence-corrected chi connectivity index (χ0v) is 13.5. The summed E-state index contributed by atoms with van der Waals surface area (Å²) in [5, 5.41) is 0. The van der Waals surface area contributed by atoms with Crippen LogP contribution in [0.3, 0.4) is 0 Å². The monoisotopic (exact) mass is 326 g/mol. The van der Waals surface area contributed by atoms with Crippen molar-refractivity contribution in [3.63, 3.8) is 0 Å². The minimum absolute atomic E-state index is 0.0273. The summed E-state index contributed by atoms with van der Waals surface area (Å²) in [6.45, 7) is 2.29. The highest BCUT2D eigenvalue weighted by molar-refractivity contribution is 5.14. The summed E-state index contributed by atoms with van der Waals surface area (Å²) in [5.41, 5.74) is 2.33. The Balaban J connectivity index is 1.29. The second-order valence-corrected chi connectivity index (χ2v) is 6.27. The van der Waals surface area contributed by atoms with Crippen LogP contribution in [0, 0.1) is 0 Å². The summed E-state index contributed by atoms with van der Waals surface area (Å²) in [7, 11) is 0. The first kappa shape index (κ1) is 15.8. The molecular weight excluding hydrogens is 304 g/mol. The molecule has 0 unspecified atom stereocenters. The molecule has 0 saturated carbocycles. The Morgan fingerprint density at radius 3 is 1.50 bits per heavy atom. The summed E-state index contributed by atoms with van der Waals surface area (Å²) in [6.07, 6.45) is -0.120. The van der Waals surface area contributed by atoms with E-state index < -0.39 is 0 Å².